The molecule has 4 heteroatoms. The van der Waals surface area contributed by atoms with E-state index in [1.165, 1.54) is 0 Å². The van der Waals surface area contributed by atoms with Crippen molar-refractivity contribution in [2.45, 2.75) is 18.2 Å². The van der Waals surface area contributed by atoms with Crippen LogP contribution in [0, 0.1) is 0 Å². The summed E-state index contributed by atoms with van der Waals surface area (Å²) >= 11 is 10.3. The number of hydrogen-bond donors (Lipinski definition) is 0. The van der Waals surface area contributed by atoms with Crippen molar-refractivity contribution in [1.29, 1.82) is 0 Å². The molecule has 0 aromatic heterocycles. The van der Waals surface area contributed by atoms with Crippen LogP contribution in [0.5, 0.6) is 0 Å². The molecule has 0 aliphatic carbocycles. The molecule has 0 atom stereocenters. The van der Waals surface area contributed by atoms with Gasteiger partial charge in [-0.2, -0.15) is 0 Å². The van der Waals surface area contributed by atoms with Gasteiger partial charge in [-0.25, -0.2) is 4.79 Å². The van der Waals surface area contributed by atoms with Crippen molar-refractivity contribution in [3.05, 3.63) is 0 Å². The minimum absolute atomic E-state index is 0.384. The fourth-order valence-corrected chi connectivity index (χ4v) is 0.392. The zero-order chi connectivity index (χ0) is 7.28. The predicted molar refractivity (Wildman–Crippen MR) is 36.7 cm³/mol. The highest BCUT2D eigenvalue weighted by atomic mass is 35.5. The highest BCUT2D eigenvalue weighted by Gasteiger charge is 2.11. The maximum Gasteiger partial charge on any atom is 0.339 e. The molecule has 0 aromatic carbocycles. The van der Waals surface area contributed by atoms with E-state index < -0.39 is 10.8 Å². The summed E-state index contributed by atoms with van der Waals surface area (Å²) in [6.45, 7) is 2.28. The van der Waals surface area contributed by atoms with Crippen molar-refractivity contribution < 1.29 is 9.53 Å². The number of rotatable bonds is 3. The average Bonchev–Trinajstić information content (AvgIpc) is 1.82. The van der Waals surface area contributed by atoms with Gasteiger partial charge in [0.05, 0.1) is 6.61 Å². The van der Waals surface area contributed by atoms with Gasteiger partial charge in [-0.1, -0.05) is 30.1 Å². The summed E-state index contributed by atoms with van der Waals surface area (Å²) in [5.74, 6) is -0.569. The fourth-order valence-electron chi connectivity index (χ4n) is 0.266. The van der Waals surface area contributed by atoms with Crippen LogP contribution < -0.4 is 0 Å². The first-order valence-corrected chi connectivity index (χ1v) is 3.50. The summed E-state index contributed by atoms with van der Waals surface area (Å²) in [7, 11) is 0. The van der Waals surface area contributed by atoms with Crippen LogP contribution in [0.25, 0.3) is 0 Å². The molecule has 0 N–H and O–H groups in total. The Hall–Kier alpha value is 0.0500. The summed E-state index contributed by atoms with van der Waals surface area (Å²) in [5.41, 5.74) is 0. The molecule has 0 bridgehead atoms. The lowest BCUT2D eigenvalue weighted by atomic mass is 10.5. The number of ether oxygens (including phenoxy) is 1. The number of alkyl halides is 2. The number of carbonyl (C=O) groups excluding carboxylic acids is 1. The van der Waals surface area contributed by atoms with Crippen LogP contribution in [-0.4, -0.2) is 17.4 Å². The Bertz CT molecular complexity index is 93.0. The minimum atomic E-state index is -1.04. The Morgan fingerprint density at radius 2 is 2.22 bits per heavy atom. The summed E-state index contributed by atoms with van der Waals surface area (Å²) in [6, 6.07) is 0. The second-order valence-corrected chi connectivity index (χ2v) is 2.56. The molecule has 0 amide bonds. The van der Waals surface area contributed by atoms with Gasteiger partial charge < -0.3 is 4.74 Å². The van der Waals surface area contributed by atoms with Gasteiger partial charge in [-0.05, 0) is 6.42 Å². The predicted octanol–water partition coefficient (Wildman–Crippen LogP) is 1.74. The minimum Gasteiger partial charge on any atom is -0.464 e. The van der Waals surface area contributed by atoms with E-state index in [-0.39, 0.29) is 0 Å². The lowest BCUT2D eigenvalue weighted by Crippen LogP contribution is -2.12. The second-order valence-electron chi connectivity index (χ2n) is 1.47. The number of carbonyl (C=O) groups is 1. The van der Waals surface area contributed by atoms with E-state index in [2.05, 4.69) is 4.74 Å². The number of esters is 1. The van der Waals surface area contributed by atoms with E-state index in [1.54, 1.807) is 0 Å². The Morgan fingerprint density at radius 1 is 1.67 bits per heavy atom. The monoisotopic (exact) mass is 170 g/mol. The van der Waals surface area contributed by atoms with E-state index in [1.807, 2.05) is 6.92 Å². The molecule has 0 heterocycles. The smallest absolute Gasteiger partial charge is 0.339 e. The molecule has 0 unspecified atom stereocenters. The van der Waals surface area contributed by atoms with Gasteiger partial charge in [0, 0.05) is 0 Å². The van der Waals surface area contributed by atoms with Crippen LogP contribution >= 0.6 is 23.2 Å². The van der Waals surface area contributed by atoms with E-state index in [9.17, 15) is 4.79 Å². The fraction of sp³-hybridized carbons (Fsp3) is 0.800. The van der Waals surface area contributed by atoms with E-state index in [0.717, 1.165) is 6.42 Å². The third-order valence-corrected chi connectivity index (χ3v) is 0.983. The molecule has 0 fully saturated rings. The molecule has 0 spiro atoms. The molecule has 0 saturated heterocycles. The van der Waals surface area contributed by atoms with Crippen LogP contribution in [0.3, 0.4) is 0 Å². The van der Waals surface area contributed by atoms with Crippen molar-refractivity contribution in [3.8, 4) is 0 Å². The van der Waals surface area contributed by atoms with Gasteiger partial charge in [-0.3, -0.25) is 0 Å². The third-order valence-electron chi connectivity index (χ3n) is 0.627. The standard InChI is InChI=1S/C5H8Cl2O2/c1-2-3-9-5(8)4(6)7/h4H,2-3H2,1H3. The van der Waals surface area contributed by atoms with Crippen LogP contribution in [0.1, 0.15) is 13.3 Å². The van der Waals surface area contributed by atoms with Crippen molar-refractivity contribution in [3.63, 3.8) is 0 Å². The van der Waals surface area contributed by atoms with E-state index in [4.69, 9.17) is 23.2 Å². The van der Waals surface area contributed by atoms with Gasteiger partial charge in [0.15, 0.2) is 0 Å². The maximum atomic E-state index is 10.4. The molecule has 0 saturated carbocycles. The SMILES string of the molecule is CCCOC(=O)C(Cl)Cl. The number of halogens is 2. The zero-order valence-electron chi connectivity index (χ0n) is 5.06. The lowest BCUT2D eigenvalue weighted by molar-refractivity contribution is -0.141. The second kappa shape index (κ2) is 4.89. The molecule has 0 aliphatic rings. The maximum absolute atomic E-state index is 10.4. The molecule has 0 radical (unpaired) electrons. The van der Waals surface area contributed by atoms with Crippen LogP contribution in [0.2, 0.25) is 0 Å². The molecule has 0 aliphatic heterocycles. The summed E-state index contributed by atoms with van der Waals surface area (Å²) in [6.07, 6.45) is 0.784. The lowest BCUT2D eigenvalue weighted by Gasteiger charge is -2.00. The van der Waals surface area contributed by atoms with Gasteiger partial charge in [0.25, 0.3) is 0 Å². The largest absolute Gasteiger partial charge is 0.464 e. The summed E-state index contributed by atoms with van der Waals surface area (Å²) in [5, 5.41) is 0. The zero-order valence-corrected chi connectivity index (χ0v) is 6.58. The highest BCUT2D eigenvalue weighted by Crippen LogP contribution is 2.03. The van der Waals surface area contributed by atoms with E-state index >= 15 is 0 Å². The van der Waals surface area contributed by atoms with Gasteiger partial charge in [0.1, 0.15) is 0 Å². The van der Waals surface area contributed by atoms with Gasteiger partial charge >= 0.3 is 5.97 Å². The van der Waals surface area contributed by atoms with Crippen LogP contribution in [0.15, 0.2) is 0 Å². The topological polar surface area (TPSA) is 26.3 Å². The van der Waals surface area contributed by atoms with Crippen molar-refractivity contribution in [2.75, 3.05) is 6.61 Å². The Kier molecular flexibility index (Phi) is 4.91. The third kappa shape index (κ3) is 4.55. The Labute approximate surface area is 64.1 Å². The molecule has 2 nitrogen and oxygen atoms in total. The van der Waals surface area contributed by atoms with Gasteiger partial charge in [-0.15, -0.1) is 0 Å². The van der Waals surface area contributed by atoms with E-state index in [0.29, 0.717) is 6.61 Å². The van der Waals surface area contributed by atoms with Crippen molar-refractivity contribution in [1.82, 2.24) is 0 Å². The molecule has 0 rings (SSSR count). The van der Waals surface area contributed by atoms with Crippen molar-refractivity contribution >= 4 is 29.2 Å². The quantitative estimate of drug-likeness (QED) is 0.477. The molecule has 0 aromatic rings. The first kappa shape index (κ1) is 9.05. The first-order valence-electron chi connectivity index (χ1n) is 2.63. The normalized spacial score (nSPS) is 9.78. The average molecular weight is 171 g/mol. The van der Waals surface area contributed by atoms with Crippen molar-refractivity contribution in [2.24, 2.45) is 0 Å². The van der Waals surface area contributed by atoms with Gasteiger partial charge in [0.2, 0.25) is 4.84 Å². The summed E-state index contributed by atoms with van der Waals surface area (Å²) in [4.78, 5) is 9.37. The van der Waals surface area contributed by atoms with Crippen LogP contribution in [0.4, 0.5) is 0 Å². The molecular formula is C5H8Cl2O2. The highest BCUT2D eigenvalue weighted by molar-refractivity contribution is 6.52. The molecule has 54 valence electrons. The first-order chi connectivity index (χ1) is 4.18. The van der Waals surface area contributed by atoms with Crippen LogP contribution in [-0.2, 0) is 9.53 Å². The summed E-state index contributed by atoms with van der Waals surface area (Å²) < 4.78 is 4.55. The Morgan fingerprint density at radius 3 is 2.56 bits per heavy atom. The molecular weight excluding hydrogens is 163 g/mol. The molecule has 9 heavy (non-hydrogen) atoms. The Balaban J connectivity index is 3.28. The number of hydrogen-bond acceptors (Lipinski definition) is 2.